The van der Waals surface area contributed by atoms with E-state index < -0.39 is 21.1 Å². The highest BCUT2D eigenvalue weighted by Gasteiger charge is 2.43. The van der Waals surface area contributed by atoms with Crippen LogP contribution in [0.5, 0.6) is 11.5 Å². The van der Waals surface area contributed by atoms with Gasteiger partial charge in [0, 0.05) is 34.3 Å². The van der Waals surface area contributed by atoms with E-state index in [1.165, 1.54) is 0 Å². The van der Waals surface area contributed by atoms with Gasteiger partial charge in [-0.15, -0.1) is 0 Å². The van der Waals surface area contributed by atoms with Crippen LogP contribution in [-0.4, -0.2) is 56.4 Å². The van der Waals surface area contributed by atoms with E-state index in [2.05, 4.69) is 145 Å². The normalized spacial score (nSPS) is 11.8. The Morgan fingerprint density at radius 2 is 0.768 bits per heavy atom. The molecule has 0 saturated heterocycles. The summed E-state index contributed by atoms with van der Waals surface area (Å²) < 4.78 is 43.0. The Hall–Kier alpha value is -9.85. The van der Waals surface area contributed by atoms with Crippen LogP contribution in [0.1, 0.15) is 61.1 Å². The van der Waals surface area contributed by atoms with Crippen molar-refractivity contribution in [2.24, 2.45) is 0 Å². The van der Waals surface area contributed by atoms with Gasteiger partial charge in [0.25, 0.3) is 0 Å². The van der Waals surface area contributed by atoms with Gasteiger partial charge in [-0.3, -0.25) is 4.72 Å². The fourth-order valence-corrected chi connectivity index (χ4v) is 11.5. The molecule has 0 spiro atoms. The van der Waals surface area contributed by atoms with Crippen LogP contribution in [0.25, 0.3) is 44.3 Å². The van der Waals surface area contributed by atoms with E-state index in [1.54, 1.807) is 18.5 Å². The number of anilines is 2. The van der Waals surface area contributed by atoms with Crippen LogP contribution in [-0.2, 0) is 21.1 Å². The smallest absolute Gasteiger partial charge is 0.230 e. The van der Waals surface area contributed by atoms with Crippen molar-refractivity contribution in [2.45, 2.75) is 51.0 Å². The zero-order valence-corrected chi connectivity index (χ0v) is 47.0. The maximum atomic E-state index is 12.0. The van der Waals surface area contributed by atoms with Gasteiger partial charge in [0.1, 0.15) is 45.6 Å². The number of benzene rings is 8. The number of nitrogens with zero attached hydrogens (tertiary/aromatic N) is 6. The Balaban J connectivity index is 0.000000173. The Morgan fingerprint density at radius 3 is 1.09 bits per heavy atom. The largest absolute Gasteiger partial charge is 0.491 e. The molecule has 13 heteroatoms. The molecule has 0 saturated carbocycles. The number of aromatic nitrogens is 6. The predicted octanol–water partition coefficient (Wildman–Crippen LogP) is 14.4. The monoisotopic (exact) mass is 1100 g/mol. The first-order valence-corrected chi connectivity index (χ1v) is 29.1. The first kappa shape index (κ1) is 54.1. The van der Waals surface area contributed by atoms with Crippen LogP contribution in [0.4, 0.5) is 11.6 Å². The first-order valence-electron chi connectivity index (χ1n) is 27.2. The minimum Gasteiger partial charge on any atom is -0.491 e. The van der Waals surface area contributed by atoms with Crippen LogP contribution < -0.4 is 19.9 Å². The van der Waals surface area contributed by atoms with E-state index in [0.717, 1.165) is 89.8 Å². The van der Waals surface area contributed by atoms with Gasteiger partial charge in [-0.05, 0) is 122 Å². The molecule has 0 aliphatic carbocycles. The maximum absolute atomic E-state index is 12.0. The fraction of sp³-hybridized carbons (Fsp3) is 0.130. The molecule has 12 rings (SSSR count). The van der Waals surface area contributed by atoms with Crippen molar-refractivity contribution in [3.05, 3.63) is 288 Å². The molecule has 0 aliphatic heterocycles. The van der Waals surface area contributed by atoms with Gasteiger partial charge in [-0.1, -0.05) is 182 Å². The maximum Gasteiger partial charge on any atom is 0.230 e. The molecule has 0 fully saturated rings. The Labute approximate surface area is 478 Å². The summed E-state index contributed by atoms with van der Waals surface area (Å²) in [7, 11) is -3.52. The molecule has 0 bridgehead atoms. The zero-order chi connectivity index (χ0) is 56.8. The second-order valence-corrected chi connectivity index (χ2v) is 22.4. The number of sulfonamides is 1. The van der Waals surface area contributed by atoms with Crippen molar-refractivity contribution >= 4 is 43.5 Å². The quantitative estimate of drug-likeness (QED) is 0.0901. The van der Waals surface area contributed by atoms with Gasteiger partial charge >= 0.3 is 0 Å². The molecule has 12 aromatic rings. The molecule has 8 aromatic carbocycles. The van der Waals surface area contributed by atoms with Crippen molar-refractivity contribution in [1.29, 1.82) is 0 Å². The number of nitrogen functional groups attached to an aromatic ring is 1. The van der Waals surface area contributed by atoms with E-state index in [1.807, 2.05) is 143 Å². The molecule has 0 radical (unpaired) electrons. The van der Waals surface area contributed by atoms with Crippen molar-refractivity contribution in [3.8, 4) is 34.0 Å². The number of hydrogen-bond acceptors (Lipinski definition) is 9. The third kappa shape index (κ3) is 10.7. The van der Waals surface area contributed by atoms with Crippen molar-refractivity contribution in [3.63, 3.8) is 0 Å². The number of nitrogens with one attached hydrogen (secondary N) is 1. The second kappa shape index (κ2) is 23.1. The number of hydrogen-bond donors (Lipinski definition) is 2. The zero-order valence-electron chi connectivity index (χ0n) is 46.2. The molecule has 4 heterocycles. The minimum atomic E-state index is -3.52. The molecule has 82 heavy (non-hydrogen) atoms. The van der Waals surface area contributed by atoms with Gasteiger partial charge in [0.2, 0.25) is 10.0 Å². The van der Waals surface area contributed by atoms with Gasteiger partial charge < -0.3 is 15.2 Å². The molecular formula is C69H62N8O4S. The van der Waals surface area contributed by atoms with E-state index in [0.29, 0.717) is 11.5 Å². The van der Waals surface area contributed by atoms with Gasteiger partial charge in [0.05, 0.1) is 29.5 Å². The van der Waals surface area contributed by atoms with Crippen LogP contribution >= 0.6 is 0 Å². The van der Waals surface area contributed by atoms with E-state index >= 15 is 0 Å². The third-order valence-corrected chi connectivity index (χ3v) is 14.8. The summed E-state index contributed by atoms with van der Waals surface area (Å²) in [4.78, 5) is 8.46. The Bertz CT molecular complexity index is 4040. The molecule has 3 N–H and O–H groups in total. The summed E-state index contributed by atoms with van der Waals surface area (Å²) in [5.41, 5.74) is 16.0. The Kier molecular flexibility index (Phi) is 15.2. The summed E-state index contributed by atoms with van der Waals surface area (Å²) in [5, 5.41) is 12.6. The molecule has 4 aromatic heterocycles. The average Bonchev–Trinajstić information content (AvgIpc) is 2.12. The van der Waals surface area contributed by atoms with Crippen LogP contribution in [0.15, 0.2) is 255 Å². The van der Waals surface area contributed by atoms with Crippen LogP contribution in [0, 0.1) is 0 Å². The minimum absolute atomic E-state index is 0.0144. The Morgan fingerprint density at radius 1 is 0.439 bits per heavy atom. The topological polar surface area (TPSA) is 152 Å². The van der Waals surface area contributed by atoms with E-state index in [4.69, 9.17) is 25.4 Å². The molecule has 0 unspecified atom stereocenters. The fourth-order valence-electron chi connectivity index (χ4n) is 11.1. The summed E-state index contributed by atoms with van der Waals surface area (Å²) in [6.07, 6.45) is 4.45. The van der Waals surface area contributed by atoms with Crippen molar-refractivity contribution in [2.75, 3.05) is 16.7 Å². The standard InChI is InChI=1S/C35H32N4O3S.C34H30N4O/c1-25(2)42-30-19-20-32-31(24-30)34(26-21-22-36-33(23-26)38-43(3,40)41)37-39(32)35(27-13-7-4-8-14-27,28-15-9-5-10-16-28)29-17-11-6-12-18-29;1-24(2)39-29-18-19-31-30(23-29)33(25-20-21-36-32(35)22-25)37-38(31)34(26-12-6-3-7-13-26,27-14-8-4-9-15-27)28-16-10-5-11-17-28/h4-25H,1-3H3,(H,36,38);3-24H,1-2H3,(H2,35,36). The van der Waals surface area contributed by atoms with Crippen molar-refractivity contribution < 1.29 is 17.9 Å². The summed E-state index contributed by atoms with van der Waals surface area (Å²) in [6.45, 7) is 8.05. The molecule has 408 valence electrons. The third-order valence-electron chi connectivity index (χ3n) is 14.2. The van der Waals surface area contributed by atoms with E-state index in [-0.39, 0.29) is 18.0 Å². The lowest BCUT2D eigenvalue weighted by molar-refractivity contribution is 0.242. The van der Waals surface area contributed by atoms with E-state index in [9.17, 15) is 8.42 Å². The average molecular weight is 1100 g/mol. The van der Waals surface area contributed by atoms with Gasteiger partial charge in [-0.25, -0.2) is 27.7 Å². The highest BCUT2D eigenvalue weighted by Crippen LogP contribution is 2.47. The predicted molar refractivity (Wildman–Crippen MR) is 330 cm³/mol. The first-order chi connectivity index (χ1) is 39.8. The summed E-state index contributed by atoms with van der Waals surface area (Å²) >= 11 is 0. The second-order valence-electron chi connectivity index (χ2n) is 20.6. The lowest BCUT2D eigenvalue weighted by Gasteiger charge is -2.37. The van der Waals surface area contributed by atoms with Crippen molar-refractivity contribution in [1.82, 2.24) is 29.5 Å². The summed E-state index contributed by atoms with van der Waals surface area (Å²) in [5.74, 6) is 2.18. The lowest BCUT2D eigenvalue weighted by Crippen LogP contribution is -2.38. The number of pyridine rings is 2. The highest BCUT2D eigenvalue weighted by atomic mass is 32.2. The SMILES string of the molecule is CC(C)Oc1ccc2c(c1)c(-c1ccnc(N)c1)nn2C(c1ccccc1)(c1ccccc1)c1ccccc1.CC(C)Oc1ccc2c(c1)c(-c1ccnc(NS(C)(=O)=O)c1)nn2C(c1ccccc1)(c1ccccc1)c1ccccc1. The summed E-state index contributed by atoms with van der Waals surface area (Å²) in [6, 6.07) is 82.4. The molecular weight excluding hydrogens is 1040 g/mol. The van der Waals surface area contributed by atoms with Gasteiger partial charge in [-0.2, -0.15) is 10.2 Å². The molecule has 0 atom stereocenters. The molecule has 0 aliphatic rings. The number of rotatable bonds is 16. The highest BCUT2D eigenvalue weighted by molar-refractivity contribution is 7.92. The number of fused-ring (bicyclic) bond motifs is 2. The number of nitrogens with two attached hydrogens (primary N) is 1. The molecule has 12 nitrogen and oxygen atoms in total. The van der Waals surface area contributed by atoms with Crippen LogP contribution in [0.2, 0.25) is 0 Å². The van der Waals surface area contributed by atoms with Crippen LogP contribution in [0.3, 0.4) is 0 Å². The molecule has 0 amide bonds. The lowest BCUT2D eigenvalue weighted by atomic mass is 9.77. The van der Waals surface area contributed by atoms with Gasteiger partial charge in [0.15, 0.2) is 0 Å². The number of ether oxygens (including phenoxy) is 2.